The Labute approximate surface area is 159 Å². The molecule has 5 nitrogen and oxygen atoms in total. The molecule has 0 aromatic carbocycles. The Morgan fingerprint density at radius 2 is 2.08 bits per heavy atom. The van der Waals surface area contributed by atoms with Crippen LogP contribution < -0.4 is 5.32 Å². The topological polar surface area (TPSA) is 58.1 Å². The summed E-state index contributed by atoms with van der Waals surface area (Å²) in [6.45, 7) is 7.71. The molecular weight excluding hydrogens is 344 g/mol. The fraction of sp³-hybridized carbons (Fsp3) is 0.550. The molecule has 1 amide bonds. The minimum Gasteiger partial charge on any atom is -0.352 e. The minimum absolute atomic E-state index is 0.0637. The van der Waals surface area contributed by atoms with E-state index in [9.17, 15) is 4.79 Å². The number of likely N-dealkylation sites (tertiary alicyclic amines) is 1. The zero-order valence-corrected chi connectivity index (χ0v) is 16.5. The Hall–Kier alpha value is -1.79. The number of piperidine rings is 1. The number of thiazole rings is 1. The average molecular weight is 373 g/mol. The average Bonchev–Trinajstić information content (AvgIpc) is 3.12. The third-order valence-corrected chi connectivity index (χ3v) is 5.97. The van der Waals surface area contributed by atoms with Crippen LogP contribution in [-0.4, -0.2) is 46.5 Å². The first-order valence-electron chi connectivity index (χ1n) is 9.50. The van der Waals surface area contributed by atoms with Crippen LogP contribution in [0.3, 0.4) is 0 Å². The van der Waals surface area contributed by atoms with Crippen LogP contribution in [-0.2, 0) is 11.2 Å². The van der Waals surface area contributed by atoms with Gasteiger partial charge in [-0.2, -0.15) is 0 Å². The van der Waals surface area contributed by atoms with Gasteiger partial charge in [0, 0.05) is 35.9 Å². The molecule has 1 aliphatic rings. The van der Waals surface area contributed by atoms with Crippen molar-refractivity contribution in [1.29, 1.82) is 0 Å². The van der Waals surface area contributed by atoms with E-state index in [-0.39, 0.29) is 11.9 Å². The monoisotopic (exact) mass is 372 g/mol. The van der Waals surface area contributed by atoms with Crippen LogP contribution in [0.15, 0.2) is 29.9 Å². The predicted octanol–water partition coefficient (Wildman–Crippen LogP) is 3.37. The molecule has 1 N–H and O–H groups in total. The molecule has 1 aliphatic heterocycles. The van der Waals surface area contributed by atoms with Crippen LogP contribution in [0.2, 0.25) is 0 Å². The summed E-state index contributed by atoms with van der Waals surface area (Å²) in [5, 5.41) is 6.11. The molecule has 26 heavy (non-hydrogen) atoms. The standard InChI is InChI=1S/C20H28N4OS/c1-3-17(13-24-10-6-15(2)7-11-24)22-19(25)12-18-14-26-20(23-18)16-4-8-21-9-5-16/h4-5,8-9,14-15,17H,3,6-7,10-13H2,1-2H3,(H,22,25). The van der Waals surface area contributed by atoms with Crippen LogP contribution >= 0.6 is 11.3 Å². The van der Waals surface area contributed by atoms with Gasteiger partial charge in [0.2, 0.25) is 5.91 Å². The van der Waals surface area contributed by atoms with Crippen molar-refractivity contribution in [3.63, 3.8) is 0 Å². The molecule has 2 aromatic heterocycles. The van der Waals surface area contributed by atoms with Crippen molar-refractivity contribution >= 4 is 17.2 Å². The van der Waals surface area contributed by atoms with Gasteiger partial charge in [0.1, 0.15) is 5.01 Å². The summed E-state index contributed by atoms with van der Waals surface area (Å²) < 4.78 is 0. The zero-order chi connectivity index (χ0) is 18.4. The Morgan fingerprint density at radius 1 is 1.35 bits per heavy atom. The molecule has 0 spiro atoms. The summed E-state index contributed by atoms with van der Waals surface area (Å²) in [4.78, 5) is 23.6. The molecular formula is C20H28N4OS. The van der Waals surface area contributed by atoms with Gasteiger partial charge < -0.3 is 10.2 Å². The van der Waals surface area contributed by atoms with E-state index >= 15 is 0 Å². The van der Waals surface area contributed by atoms with Crippen LogP contribution in [0, 0.1) is 5.92 Å². The van der Waals surface area contributed by atoms with Gasteiger partial charge in [0.25, 0.3) is 0 Å². The lowest BCUT2D eigenvalue weighted by Crippen LogP contribution is -2.46. The quantitative estimate of drug-likeness (QED) is 0.809. The van der Waals surface area contributed by atoms with Crippen molar-refractivity contribution in [2.45, 2.75) is 45.6 Å². The molecule has 1 unspecified atom stereocenters. The third-order valence-electron chi connectivity index (χ3n) is 5.03. The summed E-state index contributed by atoms with van der Waals surface area (Å²) in [5.74, 6) is 0.897. The predicted molar refractivity (Wildman–Crippen MR) is 106 cm³/mol. The molecule has 3 heterocycles. The largest absolute Gasteiger partial charge is 0.352 e. The molecule has 1 atom stereocenters. The van der Waals surface area contributed by atoms with Crippen molar-refractivity contribution < 1.29 is 4.79 Å². The number of rotatable bonds is 7. The lowest BCUT2D eigenvalue weighted by molar-refractivity contribution is -0.121. The Balaban J connectivity index is 1.50. The summed E-state index contributed by atoms with van der Waals surface area (Å²) in [6.07, 6.45) is 7.35. The van der Waals surface area contributed by atoms with E-state index < -0.39 is 0 Å². The van der Waals surface area contributed by atoms with Gasteiger partial charge in [0.15, 0.2) is 0 Å². The van der Waals surface area contributed by atoms with Crippen LogP contribution in [0.1, 0.15) is 38.8 Å². The minimum atomic E-state index is 0.0637. The van der Waals surface area contributed by atoms with Crippen molar-refractivity contribution in [2.24, 2.45) is 5.92 Å². The maximum absolute atomic E-state index is 12.4. The van der Waals surface area contributed by atoms with Gasteiger partial charge in [-0.25, -0.2) is 4.98 Å². The van der Waals surface area contributed by atoms with Crippen molar-refractivity contribution in [1.82, 2.24) is 20.2 Å². The fourth-order valence-corrected chi connectivity index (χ4v) is 4.12. The number of aromatic nitrogens is 2. The Kier molecular flexibility index (Phi) is 6.74. The fourth-order valence-electron chi connectivity index (χ4n) is 3.29. The number of nitrogens with one attached hydrogen (secondary N) is 1. The first kappa shape index (κ1) is 19.0. The number of carbonyl (C=O) groups excluding carboxylic acids is 1. The van der Waals surface area contributed by atoms with Crippen LogP contribution in [0.25, 0.3) is 10.6 Å². The van der Waals surface area contributed by atoms with Gasteiger partial charge >= 0.3 is 0 Å². The summed E-state index contributed by atoms with van der Waals surface area (Å²) in [5.41, 5.74) is 1.88. The highest BCUT2D eigenvalue weighted by Crippen LogP contribution is 2.23. The van der Waals surface area contributed by atoms with E-state index in [2.05, 4.69) is 34.0 Å². The molecule has 0 aliphatic carbocycles. The highest BCUT2D eigenvalue weighted by molar-refractivity contribution is 7.13. The smallest absolute Gasteiger partial charge is 0.226 e. The highest BCUT2D eigenvalue weighted by atomic mass is 32.1. The van der Waals surface area contributed by atoms with Crippen molar-refractivity contribution in [3.05, 3.63) is 35.6 Å². The number of carbonyl (C=O) groups is 1. The highest BCUT2D eigenvalue weighted by Gasteiger charge is 2.20. The second kappa shape index (κ2) is 9.24. The third kappa shape index (κ3) is 5.35. The maximum Gasteiger partial charge on any atom is 0.226 e. The van der Waals surface area contributed by atoms with E-state index in [1.54, 1.807) is 23.7 Å². The first-order chi connectivity index (χ1) is 12.6. The van der Waals surface area contributed by atoms with E-state index in [0.29, 0.717) is 6.42 Å². The summed E-state index contributed by atoms with van der Waals surface area (Å²) in [7, 11) is 0. The number of nitrogens with zero attached hydrogens (tertiary/aromatic N) is 3. The van der Waals surface area contributed by atoms with Gasteiger partial charge in [-0.3, -0.25) is 9.78 Å². The molecule has 0 radical (unpaired) electrons. The van der Waals surface area contributed by atoms with Gasteiger partial charge in [-0.05, 0) is 50.4 Å². The summed E-state index contributed by atoms with van der Waals surface area (Å²) in [6, 6.07) is 4.10. The maximum atomic E-state index is 12.4. The first-order valence-corrected chi connectivity index (χ1v) is 10.4. The van der Waals surface area contributed by atoms with Gasteiger partial charge in [0.05, 0.1) is 12.1 Å². The lowest BCUT2D eigenvalue weighted by atomic mass is 9.98. The lowest BCUT2D eigenvalue weighted by Gasteiger charge is -2.33. The Morgan fingerprint density at radius 3 is 2.77 bits per heavy atom. The van der Waals surface area contributed by atoms with E-state index in [1.807, 2.05) is 17.5 Å². The molecule has 0 saturated carbocycles. The second-order valence-electron chi connectivity index (χ2n) is 7.21. The van der Waals surface area contributed by atoms with E-state index in [1.165, 1.54) is 12.8 Å². The molecule has 2 aromatic rings. The molecule has 140 valence electrons. The van der Waals surface area contributed by atoms with Gasteiger partial charge in [-0.15, -0.1) is 11.3 Å². The van der Waals surface area contributed by atoms with Crippen molar-refractivity contribution in [2.75, 3.05) is 19.6 Å². The number of hydrogen-bond acceptors (Lipinski definition) is 5. The normalized spacial score (nSPS) is 17.2. The second-order valence-corrected chi connectivity index (χ2v) is 8.07. The number of hydrogen-bond donors (Lipinski definition) is 1. The zero-order valence-electron chi connectivity index (χ0n) is 15.6. The van der Waals surface area contributed by atoms with Crippen molar-refractivity contribution in [3.8, 4) is 10.6 Å². The van der Waals surface area contributed by atoms with Crippen LogP contribution in [0.4, 0.5) is 0 Å². The SMILES string of the molecule is CCC(CN1CCC(C)CC1)NC(=O)Cc1csc(-c2ccncc2)n1. The van der Waals surface area contributed by atoms with E-state index in [0.717, 1.165) is 48.2 Å². The molecule has 1 saturated heterocycles. The summed E-state index contributed by atoms with van der Waals surface area (Å²) >= 11 is 1.57. The molecule has 3 rings (SSSR count). The Bertz CT molecular complexity index is 695. The van der Waals surface area contributed by atoms with Gasteiger partial charge in [-0.1, -0.05) is 13.8 Å². The number of pyridine rings is 1. The molecule has 1 fully saturated rings. The van der Waals surface area contributed by atoms with Crippen LogP contribution in [0.5, 0.6) is 0 Å². The molecule has 0 bridgehead atoms. The van der Waals surface area contributed by atoms with E-state index in [4.69, 9.17) is 0 Å². The molecule has 6 heteroatoms. The number of amides is 1.